The third-order valence-corrected chi connectivity index (χ3v) is 6.30. The second-order valence-electron chi connectivity index (χ2n) is 7.22. The molecule has 0 aliphatic carbocycles. The Bertz CT molecular complexity index is 1280. The van der Waals surface area contributed by atoms with Crippen molar-refractivity contribution in [1.82, 2.24) is 5.32 Å². The summed E-state index contributed by atoms with van der Waals surface area (Å²) in [6.45, 7) is 2.89. The number of carbonyl (C=O) groups excluding carboxylic acids is 1. The monoisotopic (exact) mass is 456 g/mol. The van der Waals surface area contributed by atoms with Crippen LogP contribution in [0.2, 0.25) is 0 Å². The number of ether oxygens (including phenoxy) is 2. The SMILES string of the molecule is Cc1ccc(S(=O)(=O)Nc2ccccc2F)cc1C(=O)NCc1ccc2c(c1)OCCO2. The van der Waals surface area contributed by atoms with Gasteiger partial charge < -0.3 is 14.8 Å². The van der Waals surface area contributed by atoms with E-state index in [0.717, 1.165) is 11.6 Å². The van der Waals surface area contributed by atoms with Crippen LogP contribution in [0.3, 0.4) is 0 Å². The van der Waals surface area contributed by atoms with Gasteiger partial charge in [0, 0.05) is 12.1 Å². The number of para-hydroxylation sites is 1. The summed E-state index contributed by atoms with van der Waals surface area (Å²) in [7, 11) is -4.09. The lowest BCUT2D eigenvalue weighted by Crippen LogP contribution is -2.24. The van der Waals surface area contributed by atoms with Crippen LogP contribution in [0.25, 0.3) is 0 Å². The lowest BCUT2D eigenvalue weighted by atomic mass is 10.1. The van der Waals surface area contributed by atoms with Gasteiger partial charge in [0.05, 0.1) is 10.6 Å². The maximum absolute atomic E-state index is 13.9. The van der Waals surface area contributed by atoms with Gasteiger partial charge in [-0.1, -0.05) is 24.3 Å². The lowest BCUT2D eigenvalue weighted by Gasteiger charge is -2.19. The molecule has 9 heteroatoms. The molecule has 3 aromatic rings. The first-order chi connectivity index (χ1) is 15.3. The molecule has 1 aliphatic heterocycles. The Morgan fingerprint density at radius 1 is 1.00 bits per heavy atom. The predicted octanol–water partition coefficient (Wildman–Crippen LogP) is 3.64. The molecule has 2 N–H and O–H groups in total. The lowest BCUT2D eigenvalue weighted by molar-refractivity contribution is 0.0950. The largest absolute Gasteiger partial charge is 0.486 e. The molecule has 1 aliphatic rings. The van der Waals surface area contributed by atoms with Gasteiger partial charge in [-0.25, -0.2) is 12.8 Å². The molecule has 0 spiro atoms. The molecule has 7 nitrogen and oxygen atoms in total. The second kappa shape index (κ2) is 8.88. The maximum Gasteiger partial charge on any atom is 0.262 e. The van der Waals surface area contributed by atoms with Gasteiger partial charge in [-0.15, -0.1) is 0 Å². The standard InChI is InChI=1S/C23H21FN2O5S/c1-15-6-8-17(32(28,29)26-20-5-3-2-4-19(20)24)13-18(15)23(27)25-14-16-7-9-21-22(12-16)31-11-10-30-21/h2-9,12-13,26H,10-11,14H2,1H3,(H,25,27). The summed E-state index contributed by atoms with van der Waals surface area (Å²) in [6, 6.07) is 15.0. The molecule has 4 rings (SSSR count). The van der Waals surface area contributed by atoms with Crippen molar-refractivity contribution in [2.45, 2.75) is 18.4 Å². The molecule has 0 bridgehead atoms. The molecule has 1 amide bonds. The Hall–Kier alpha value is -3.59. The van der Waals surface area contributed by atoms with Crippen molar-refractivity contribution in [2.24, 2.45) is 0 Å². The Morgan fingerprint density at radius 2 is 1.75 bits per heavy atom. The molecular weight excluding hydrogens is 435 g/mol. The quantitative estimate of drug-likeness (QED) is 0.591. The number of anilines is 1. The van der Waals surface area contributed by atoms with Gasteiger partial charge >= 0.3 is 0 Å². The van der Waals surface area contributed by atoms with E-state index in [4.69, 9.17) is 9.47 Å². The molecule has 0 radical (unpaired) electrons. The molecule has 0 aromatic heterocycles. The first-order valence-corrected chi connectivity index (χ1v) is 11.4. The molecule has 0 unspecified atom stereocenters. The van der Waals surface area contributed by atoms with Crippen LogP contribution >= 0.6 is 0 Å². The van der Waals surface area contributed by atoms with E-state index >= 15 is 0 Å². The summed E-state index contributed by atoms with van der Waals surface area (Å²) in [4.78, 5) is 12.6. The van der Waals surface area contributed by atoms with E-state index in [1.807, 2.05) is 6.07 Å². The summed E-state index contributed by atoms with van der Waals surface area (Å²) in [6.07, 6.45) is 0. The number of aryl methyl sites for hydroxylation is 1. The number of benzene rings is 3. The highest BCUT2D eigenvalue weighted by atomic mass is 32.2. The number of sulfonamides is 1. The summed E-state index contributed by atoms with van der Waals surface area (Å²) < 4.78 is 52.6. The number of carbonyl (C=O) groups is 1. The van der Waals surface area contributed by atoms with Crippen LogP contribution in [-0.4, -0.2) is 27.5 Å². The molecule has 0 saturated carbocycles. The summed E-state index contributed by atoms with van der Waals surface area (Å²) >= 11 is 0. The zero-order valence-corrected chi connectivity index (χ0v) is 18.0. The number of halogens is 1. The fraction of sp³-hybridized carbons (Fsp3) is 0.174. The highest BCUT2D eigenvalue weighted by Crippen LogP contribution is 2.30. The molecule has 166 valence electrons. The van der Waals surface area contributed by atoms with Crippen molar-refractivity contribution < 1.29 is 27.1 Å². The van der Waals surface area contributed by atoms with E-state index in [9.17, 15) is 17.6 Å². The predicted molar refractivity (Wildman–Crippen MR) is 117 cm³/mol. The van der Waals surface area contributed by atoms with E-state index in [2.05, 4.69) is 10.0 Å². The van der Waals surface area contributed by atoms with E-state index in [1.54, 1.807) is 19.1 Å². The van der Waals surface area contributed by atoms with E-state index in [-0.39, 0.29) is 22.7 Å². The van der Waals surface area contributed by atoms with Crippen molar-refractivity contribution in [3.63, 3.8) is 0 Å². The van der Waals surface area contributed by atoms with Crippen LogP contribution in [0.4, 0.5) is 10.1 Å². The number of nitrogens with one attached hydrogen (secondary N) is 2. The third kappa shape index (κ3) is 4.67. The van der Waals surface area contributed by atoms with Crippen molar-refractivity contribution in [1.29, 1.82) is 0 Å². The Kier molecular flexibility index (Phi) is 6.00. The normalized spacial score (nSPS) is 12.8. The van der Waals surface area contributed by atoms with Crippen molar-refractivity contribution in [2.75, 3.05) is 17.9 Å². The van der Waals surface area contributed by atoms with Gasteiger partial charge in [0.15, 0.2) is 11.5 Å². The zero-order valence-electron chi connectivity index (χ0n) is 17.2. The van der Waals surface area contributed by atoms with E-state index in [1.165, 1.54) is 36.4 Å². The Balaban J connectivity index is 1.50. The van der Waals surface area contributed by atoms with Gasteiger partial charge in [-0.2, -0.15) is 0 Å². The van der Waals surface area contributed by atoms with Gasteiger partial charge in [0.25, 0.3) is 15.9 Å². The molecule has 3 aromatic carbocycles. The molecule has 32 heavy (non-hydrogen) atoms. The van der Waals surface area contributed by atoms with Crippen molar-refractivity contribution in [3.8, 4) is 11.5 Å². The minimum absolute atomic E-state index is 0.143. The second-order valence-corrected chi connectivity index (χ2v) is 8.91. The fourth-order valence-electron chi connectivity index (χ4n) is 3.24. The van der Waals surface area contributed by atoms with Gasteiger partial charge in [-0.3, -0.25) is 9.52 Å². The van der Waals surface area contributed by atoms with Crippen LogP contribution in [0.5, 0.6) is 11.5 Å². The van der Waals surface area contributed by atoms with Crippen LogP contribution in [0, 0.1) is 12.7 Å². The van der Waals surface area contributed by atoms with Crippen LogP contribution < -0.4 is 19.5 Å². The van der Waals surface area contributed by atoms with Crippen LogP contribution in [0.1, 0.15) is 21.5 Å². The van der Waals surface area contributed by atoms with Crippen LogP contribution in [-0.2, 0) is 16.6 Å². The number of hydrogen-bond acceptors (Lipinski definition) is 5. The van der Waals surface area contributed by atoms with E-state index in [0.29, 0.717) is 30.3 Å². The van der Waals surface area contributed by atoms with Gasteiger partial charge in [0.1, 0.15) is 19.0 Å². The highest BCUT2D eigenvalue weighted by molar-refractivity contribution is 7.92. The molecule has 1 heterocycles. The molecule has 0 saturated heterocycles. The zero-order chi connectivity index (χ0) is 22.7. The highest BCUT2D eigenvalue weighted by Gasteiger charge is 2.20. The van der Waals surface area contributed by atoms with Crippen LogP contribution in [0.15, 0.2) is 65.6 Å². The Labute approximate surface area is 185 Å². The molecular formula is C23H21FN2O5S. The average Bonchev–Trinajstić information content (AvgIpc) is 2.79. The molecule has 0 fully saturated rings. The number of hydrogen-bond donors (Lipinski definition) is 2. The van der Waals surface area contributed by atoms with Crippen molar-refractivity contribution in [3.05, 3.63) is 83.2 Å². The topological polar surface area (TPSA) is 93.7 Å². The summed E-state index contributed by atoms with van der Waals surface area (Å²) in [5.74, 6) is 0.148. The maximum atomic E-state index is 13.9. The number of fused-ring (bicyclic) bond motifs is 1. The summed E-state index contributed by atoms with van der Waals surface area (Å²) in [5, 5.41) is 2.79. The van der Waals surface area contributed by atoms with Crippen molar-refractivity contribution >= 4 is 21.6 Å². The van der Waals surface area contributed by atoms with Gasteiger partial charge in [-0.05, 0) is 54.4 Å². The Morgan fingerprint density at radius 3 is 2.53 bits per heavy atom. The van der Waals surface area contributed by atoms with E-state index < -0.39 is 21.7 Å². The third-order valence-electron chi connectivity index (χ3n) is 4.94. The first kappa shape index (κ1) is 21.6. The first-order valence-electron chi connectivity index (χ1n) is 9.88. The summed E-state index contributed by atoms with van der Waals surface area (Å²) in [5.41, 5.74) is 1.46. The number of amides is 1. The smallest absolute Gasteiger partial charge is 0.262 e. The number of rotatable bonds is 6. The minimum atomic E-state index is -4.09. The average molecular weight is 456 g/mol. The molecule has 0 atom stereocenters. The minimum Gasteiger partial charge on any atom is -0.486 e. The fourth-order valence-corrected chi connectivity index (χ4v) is 4.33. The van der Waals surface area contributed by atoms with Gasteiger partial charge in [0.2, 0.25) is 0 Å².